The van der Waals surface area contributed by atoms with Crippen LogP contribution in [0.5, 0.6) is 0 Å². The molecule has 0 aromatic heterocycles. The molecule has 0 aliphatic carbocycles. The van der Waals surface area contributed by atoms with Crippen LogP contribution in [0.3, 0.4) is 0 Å². The number of ether oxygens (including phenoxy) is 1. The predicted octanol–water partition coefficient (Wildman–Crippen LogP) is 5.08. The Bertz CT molecular complexity index is 943. The second-order valence-corrected chi connectivity index (χ2v) is 8.73. The molecule has 1 N–H and O–H groups in total. The number of carbonyl (C=O) groups is 1. The maximum Gasteiger partial charge on any atom is 0.492 e. The zero-order valence-corrected chi connectivity index (χ0v) is 18.7. The van der Waals surface area contributed by atoms with E-state index in [1.165, 1.54) is 6.07 Å². The summed E-state index contributed by atoms with van der Waals surface area (Å²) in [5.41, 5.74) is 1.71. The highest BCUT2D eigenvalue weighted by atomic mass is 19.1. The van der Waals surface area contributed by atoms with E-state index < -0.39 is 24.4 Å². The molecule has 1 saturated heterocycles. The Morgan fingerprint density at radius 3 is 2.35 bits per heavy atom. The van der Waals surface area contributed by atoms with Gasteiger partial charge in [0.15, 0.2) is 0 Å². The van der Waals surface area contributed by atoms with Gasteiger partial charge in [-0.25, -0.2) is 9.18 Å². The lowest BCUT2D eigenvalue weighted by atomic mass is 9.77. The second kappa shape index (κ2) is 9.24. The minimum absolute atomic E-state index is 0.139. The van der Waals surface area contributed by atoms with Gasteiger partial charge in [0.25, 0.3) is 0 Å². The molecule has 0 radical (unpaired) electrons. The number of aryl methyl sites for hydroxylation is 1. The monoisotopic (exact) mass is 425 g/mol. The third-order valence-corrected chi connectivity index (χ3v) is 5.75. The molecule has 7 heteroatoms. The molecule has 2 aromatic rings. The number of nitrogens with one attached hydrogen (secondary N) is 1. The minimum Gasteiger partial charge on any atom is -0.445 e. The van der Waals surface area contributed by atoms with Gasteiger partial charge in [-0.05, 0) is 62.8 Å². The van der Waals surface area contributed by atoms with Gasteiger partial charge >= 0.3 is 13.2 Å². The fraction of sp³-hybridized carbons (Fsp3) is 0.375. The topological polar surface area (TPSA) is 56.8 Å². The highest BCUT2D eigenvalue weighted by molar-refractivity contribution is 6.56. The van der Waals surface area contributed by atoms with Crippen LogP contribution in [0.1, 0.15) is 44.4 Å². The predicted molar refractivity (Wildman–Crippen MR) is 120 cm³/mol. The highest BCUT2D eigenvalue weighted by Gasteiger charge is 2.52. The zero-order valence-electron chi connectivity index (χ0n) is 18.7. The molecule has 0 bridgehead atoms. The van der Waals surface area contributed by atoms with Crippen LogP contribution in [0.15, 0.2) is 54.0 Å². The van der Waals surface area contributed by atoms with Gasteiger partial charge in [0.05, 0.1) is 11.2 Å². The Labute approximate surface area is 183 Å². The van der Waals surface area contributed by atoms with E-state index in [-0.39, 0.29) is 19.0 Å². The zero-order chi connectivity index (χ0) is 22.6. The molecule has 1 fully saturated rings. The Morgan fingerprint density at radius 1 is 1.10 bits per heavy atom. The Hall–Kier alpha value is -2.64. The fourth-order valence-electron chi connectivity index (χ4n) is 3.06. The quantitative estimate of drug-likeness (QED) is 0.657. The second-order valence-electron chi connectivity index (χ2n) is 8.73. The molecule has 0 atom stereocenters. The van der Waals surface area contributed by atoms with Crippen molar-refractivity contribution in [1.82, 2.24) is 5.32 Å². The van der Waals surface area contributed by atoms with Gasteiger partial charge in [0.2, 0.25) is 0 Å². The summed E-state index contributed by atoms with van der Waals surface area (Å²) in [5, 5.41) is 2.75. The van der Waals surface area contributed by atoms with Gasteiger partial charge in [0, 0.05) is 6.54 Å². The summed E-state index contributed by atoms with van der Waals surface area (Å²) >= 11 is 0. The summed E-state index contributed by atoms with van der Waals surface area (Å²) in [4.78, 5) is 12.2. The van der Waals surface area contributed by atoms with Crippen molar-refractivity contribution in [3.05, 3.63) is 76.5 Å². The molecule has 0 saturated carbocycles. The van der Waals surface area contributed by atoms with E-state index in [0.717, 1.165) is 5.56 Å². The molecule has 164 valence electrons. The van der Waals surface area contributed by atoms with Crippen LogP contribution in [0.25, 0.3) is 6.08 Å². The third kappa shape index (κ3) is 5.74. The summed E-state index contributed by atoms with van der Waals surface area (Å²) in [6.45, 7) is 9.85. The summed E-state index contributed by atoms with van der Waals surface area (Å²) in [7, 11) is -0.677. The van der Waals surface area contributed by atoms with Crippen molar-refractivity contribution in [3.8, 4) is 0 Å². The minimum atomic E-state index is -0.677. The summed E-state index contributed by atoms with van der Waals surface area (Å²) < 4.78 is 31.6. The third-order valence-electron chi connectivity index (χ3n) is 5.75. The Morgan fingerprint density at radius 2 is 1.74 bits per heavy atom. The van der Waals surface area contributed by atoms with Gasteiger partial charge in [0.1, 0.15) is 12.4 Å². The SMILES string of the molecule is Cc1ccc(C=C(CNC(=O)OCc2ccccc2)B2OC(C)(C)C(C)(C)O2)cc1F. The first-order valence-corrected chi connectivity index (χ1v) is 10.3. The number of rotatable bonds is 6. The molecule has 1 amide bonds. The first-order chi connectivity index (χ1) is 14.6. The van der Waals surface area contributed by atoms with E-state index in [1.54, 1.807) is 19.1 Å². The summed E-state index contributed by atoms with van der Waals surface area (Å²) in [5.74, 6) is -0.294. The number of benzene rings is 2. The van der Waals surface area contributed by atoms with Crippen LogP contribution >= 0.6 is 0 Å². The molecule has 5 nitrogen and oxygen atoms in total. The van der Waals surface area contributed by atoms with Gasteiger partial charge in [-0.15, -0.1) is 0 Å². The van der Waals surface area contributed by atoms with Crippen LogP contribution < -0.4 is 5.32 Å². The van der Waals surface area contributed by atoms with Crippen LogP contribution in [0, 0.1) is 12.7 Å². The Balaban J connectivity index is 1.73. The lowest BCUT2D eigenvalue weighted by Crippen LogP contribution is -2.41. The molecule has 3 rings (SSSR count). The number of halogens is 1. The first kappa shape index (κ1) is 23.0. The molecule has 0 spiro atoms. The number of carbonyl (C=O) groups excluding carboxylic acids is 1. The average molecular weight is 425 g/mol. The van der Waals surface area contributed by atoms with Crippen molar-refractivity contribution < 1.29 is 23.2 Å². The van der Waals surface area contributed by atoms with Gasteiger partial charge < -0.3 is 19.4 Å². The maximum absolute atomic E-state index is 14.0. The number of alkyl carbamates (subject to hydrolysis) is 1. The molecule has 1 aliphatic heterocycles. The number of hydrogen-bond donors (Lipinski definition) is 1. The van der Waals surface area contributed by atoms with Gasteiger partial charge in [-0.2, -0.15) is 0 Å². The largest absolute Gasteiger partial charge is 0.492 e. The molecule has 2 aromatic carbocycles. The van der Waals surface area contributed by atoms with Crippen molar-refractivity contribution in [2.75, 3.05) is 6.54 Å². The standard InChI is InChI=1S/C24H29BFNO4/c1-17-11-12-19(14-21(17)26)13-20(25-30-23(2,3)24(4,5)31-25)15-27-22(28)29-16-18-9-7-6-8-10-18/h6-14H,15-16H2,1-5H3,(H,27,28). The van der Waals surface area contributed by atoms with Crippen LogP contribution in [0.2, 0.25) is 0 Å². The van der Waals surface area contributed by atoms with E-state index in [1.807, 2.05) is 64.1 Å². The van der Waals surface area contributed by atoms with Crippen molar-refractivity contribution in [2.24, 2.45) is 0 Å². The van der Waals surface area contributed by atoms with E-state index in [4.69, 9.17) is 14.0 Å². The Kier molecular flexibility index (Phi) is 6.87. The molecule has 31 heavy (non-hydrogen) atoms. The lowest BCUT2D eigenvalue weighted by Gasteiger charge is -2.32. The molecule has 1 aliphatic rings. The van der Waals surface area contributed by atoms with Crippen LogP contribution in [0.4, 0.5) is 9.18 Å². The smallest absolute Gasteiger partial charge is 0.445 e. The van der Waals surface area contributed by atoms with Crippen molar-refractivity contribution in [1.29, 1.82) is 0 Å². The fourth-order valence-corrected chi connectivity index (χ4v) is 3.06. The summed E-state index contributed by atoms with van der Waals surface area (Å²) in [6.07, 6.45) is 1.23. The van der Waals surface area contributed by atoms with E-state index >= 15 is 0 Å². The normalized spacial score (nSPS) is 17.5. The molecule has 0 unspecified atom stereocenters. The van der Waals surface area contributed by atoms with E-state index in [0.29, 0.717) is 16.6 Å². The van der Waals surface area contributed by atoms with Crippen LogP contribution in [-0.2, 0) is 20.7 Å². The van der Waals surface area contributed by atoms with Crippen molar-refractivity contribution in [2.45, 2.75) is 52.4 Å². The van der Waals surface area contributed by atoms with E-state index in [2.05, 4.69) is 5.32 Å². The van der Waals surface area contributed by atoms with Crippen molar-refractivity contribution >= 4 is 19.3 Å². The maximum atomic E-state index is 14.0. The van der Waals surface area contributed by atoms with Crippen molar-refractivity contribution in [3.63, 3.8) is 0 Å². The van der Waals surface area contributed by atoms with E-state index in [9.17, 15) is 9.18 Å². The molecule has 1 heterocycles. The summed E-state index contributed by atoms with van der Waals surface area (Å²) in [6, 6.07) is 14.4. The number of hydrogen-bond acceptors (Lipinski definition) is 4. The lowest BCUT2D eigenvalue weighted by molar-refractivity contribution is 0.00578. The highest BCUT2D eigenvalue weighted by Crippen LogP contribution is 2.38. The van der Waals surface area contributed by atoms with Crippen LogP contribution in [-0.4, -0.2) is 31.0 Å². The first-order valence-electron chi connectivity index (χ1n) is 10.3. The molecular formula is C24H29BFNO4. The van der Waals surface area contributed by atoms with Gasteiger partial charge in [-0.3, -0.25) is 0 Å². The van der Waals surface area contributed by atoms with Gasteiger partial charge in [-0.1, -0.05) is 48.5 Å². The average Bonchev–Trinajstić information content (AvgIpc) is 2.94. The number of amides is 1. The molecular weight excluding hydrogens is 396 g/mol.